The number of anilines is 1. The summed E-state index contributed by atoms with van der Waals surface area (Å²) in [5.41, 5.74) is 0.472. The van der Waals surface area contributed by atoms with Gasteiger partial charge in [0.05, 0.1) is 5.52 Å². The number of benzene rings is 1. The number of carbonyl (C=O) groups is 1. The lowest BCUT2D eigenvalue weighted by Crippen LogP contribution is -2.51. The van der Waals surface area contributed by atoms with Crippen molar-refractivity contribution in [3.05, 3.63) is 24.5 Å². The van der Waals surface area contributed by atoms with Crippen molar-refractivity contribution in [3.63, 3.8) is 0 Å². The third kappa shape index (κ3) is 5.85. The van der Waals surface area contributed by atoms with E-state index in [2.05, 4.69) is 52.7 Å². The molecule has 1 amide bonds. The fourth-order valence-electron chi connectivity index (χ4n) is 5.78. The Kier molecular flexibility index (Phi) is 7.92. The Balaban J connectivity index is 1.49. The molecule has 36 heavy (non-hydrogen) atoms. The summed E-state index contributed by atoms with van der Waals surface area (Å²) in [6, 6.07) is 4.69. The zero-order valence-electron chi connectivity index (χ0n) is 21.4. The van der Waals surface area contributed by atoms with Crippen LogP contribution in [-0.2, 0) is 4.79 Å². The van der Waals surface area contributed by atoms with Gasteiger partial charge in [-0.3, -0.25) is 4.79 Å². The molecule has 1 aromatic carbocycles. The van der Waals surface area contributed by atoms with E-state index in [4.69, 9.17) is 0 Å². The Morgan fingerprint density at radius 2 is 2.00 bits per heavy atom. The first-order valence-corrected chi connectivity index (χ1v) is 12.9. The summed E-state index contributed by atoms with van der Waals surface area (Å²) in [4.78, 5) is 26.4. The van der Waals surface area contributed by atoms with E-state index in [1.54, 1.807) is 0 Å². The molecule has 2 fully saturated rings. The van der Waals surface area contributed by atoms with Gasteiger partial charge in [-0.25, -0.2) is 9.97 Å². The van der Waals surface area contributed by atoms with Gasteiger partial charge in [-0.05, 0) is 77.1 Å². The number of fused-ring (bicyclic) bond motifs is 1. The molecule has 4 atom stereocenters. The minimum absolute atomic E-state index is 0.0335. The molecule has 0 unspecified atom stereocenters. The maximum absolute atomic E-state index is 13.5. The third-order valence-electron chi connectivity index (χ3n) is 7.76. The number of amides is 1. The molecular weight excluding hydrogens is 471 g/mol. The highest BCUT2D eigenvalue weighted by Crippen LogP contribution is 2.37. The predicted molar refractivity (Wildman–Crippen MR) is 133 cm³/mol. The average molecular weight is 508 g/mol. The number of nitrogens with zero attached hydrogens (tertiary/aromatic N) is 4. The van der Waals surface area contributed by atoms with Crippen molar-refractivity contribution in [2.75, 3.05) is 18.9 Å². The molecule has 0 spiro atoms. The number of hydrogen-bond acceptors (Lipinski definition) is 6. The van der Waals surface area contributed by atoms with Crippen LogP contribution in [0, 0.1) is 5.92 Å². The normalized spacial score (nSPS) is 25.2. The number of carbonyl (C=O) groups excluding carboxylic acids is 1. The molecule has 7 nitrogen and oxygen atoms in total. The zero-order valence-corrected chi connectivity index (χ0v) is 21.4. The number of nitrogens with one attached hydrogen (secondary N) is 1. The molecule has 2 aliphatic rings. The SMILES string of the molecule is CCC[C@H]1C[C@H](N(C)C(C)C)CC[C@@H]1N1CC[C@H](Nc2ncnc3ccc(OC(F)(F)F)cc23)C1=O. The molecule has 1 aliphatic heterocycles. The highest BCUT2D eigenvalue weighted by molar-refractivity contribution is 5.93. The third-order valence-corrected chi connectivity index (χ3v) is 7.76. The molecule has 2 aromatic rings. The standard InChI is InChI=1S/C26H36F3N5O2/c1-5-6-17-13-18(33(4)16(2)3)7-10-23(17)34-12-11-22(25(34)35)32-24-20-14-19(36-26(27,28)29)8-9-21(20)30-15-31-24/h8-9,14-18,22-23H,5-7,10-13H2,1-4H3,(H,30,31,32)/t17-,18+,22-,23-/m0/s1. The van der Waals surface area contributed by atoms with E-state index in [-0.39, 0.29) is 17.7 Å². The maximum Gasteiger partial charge on any atom is 0.573 e. The molecule has 1 aliphatic carbocycles. The van der Waals surface area contributed by atoms with Crippen molar-refractivity contribution in [2.24, 2.45) is 5.92 Å². The van der Waals surface area contributed by atoms with Crippen molar-refractivity contribution < 1.29 is 22.7 Å². The van der Waals surface area contributed by atoms with E-state index in [1.165, 1.54) is 24.5 Å². The predicted octanol–water partition coefficient (Wildman–Crippen LogP) is 5.22. The molecule has 1 saturated carbocycles. The summed E-state index contributed by atoms with van der Waals surface area (Å²) in [5.74, 6) is 0.476. The van der Waals surface area contributed by atoms with E-state index in [9.17, 15) is 18.0 Å². The Morgan fingerprint density at radius 3 is 2.69 bits per heavy atom. The highest BCUT2D eigenvalue weighted by atomic mass is 19.4. The van der Waals surface area contributed by atoms with Gasteiger partial charge in [0.25, 0.3) is 0 Å². The summed E-state index contributed by atoms with van der Waals surface area (Å²) in [5, 5.41) is 3.58. The summed E-state index contributed by atoms with van der Waals surface area (Å²) in [7, 11) is 2.19. The number of rotatable bonds is 8. The minimum Gasteiger partial charge on any atom is -0.406 e. The van der Waals surface area contributed by atoms with E-state index >= 15 is 0 Å². The molecule has 1 aromatic heterocycles. The van der Waals surface area contributed by atoms with Gasteiger partial charge in [0, 0.05) is 30.1 Å². The van der Waals surface area contributed by atoms with Crippen LogP contribution in [0.15, 0.2) is 24.5 Å². The molecule has 10 heteroatoms. The zero-order chi connectivity index (χ0) is 26.0. The second-order valence-corrected chi connectivity index (χ2v) is 10.3. The van der Waals surface area contributed by atoms with E-state index in [0.717, 1.165) is 32.1 Å². The largest absolute Gasteiger partial charge is 0.573 e. The van der Waals surface area contributed by atoms with Gasteiger partial charge < -0.3 is 19.9 Å². The molecule has 1 saturated heterocycles. The number of likely N-dealkylation sites (tertiary alicyclic amines) is 1. The van der Waals surface area contributed by atoms with Gasteiger partial charge in [0.15, 0.2) is 0 Å². The van der Waals surface area contributed by atoms with Crippen LogP contribution in [0.25, 0.3) is 10.9 Å². The van der Waals surface area contributed by atoms with Crippen LogP contribution < -0.4 is 10.1 Å². The molecule has 198 valence electrons. The van der Waals surface area contributed by atoms with Gasteiger partial charge in [-0.2, -0.15) is 0 Å². The number of ether oxygens (including phenoxy) is 1. The lowest BCUT2D eigenvalue weighted by Gasteiger charge is -2.44. The van der Waals surface area contributed by atoms with Crippen molar-refractivity contribution in [3.8, 4) is 5.75 Å². The van der Waals surface area contributed by atoms with E-state index < -0.39 is 12.4 Å². The van der Waals surface area contributed by atoms with Crippen LogP contribution in [0.5, 0.6) is 5.75 Å². The summed E-state index contributed by atoms with van der Waals surface area (Å²) >= 11 is 0. The Bertz CT molecular complexity index is 1060. The van der Waals surface area contributed by atoms with Gasteiger partial charge in [-0.15, -0.1) is 13.2 Å². The topological polar surface area (TPSA) is 70.6 Å². The molecule has 1 N–H and O–H groups in total. The quantitative estimate of drug-likeness (QED) is 0.528. The first-order valence-electron chi connectivity index (χ1n) is 12.9. The molecule has 0 radical (unpaired) electrons. The average Bonchev–Trinajstić information content (AvgIpc) is 3.17. The Morgan fingerprint density at radius 1 is 1.22 bits per heavy atom. The van der Waals surface area contributed by atoms with Crippen LogP contribution in [0.1, 0.15) is 59.3 Å². The monoisotopic (exact) mass is 507 g/mol. The van der Waals surface area contributed by atoms with Crippen LogP contribution in [0.2, 0.25) is 0 Å². The van der Waals surface area contributed by atoms with Gasteiger partial charge in [0.1, 0.15) is 23.9 Å². The van der Waals surface area contributed by atoms with E-state index in [1.807, 2.05) is 4.90 Å². The second kappa shape index (κ2) is 10.8. The Labute approximate surface area is 210 Å². The van der Waals surface area contributed by atoms with Crippen LogP contribution >= 0.6 is 0 Å². The highest BCUT2D eigenvalue weighted by Gasteiger charge is 2.42. The van der Waals surface area contributed by atoms with Crippen LogP contribution in [0.4, 0.5) is 19.0 Å². The summed E-state index contributed by atoms with van der Waals surface area (Å²) in [6.07, 6.45) is 2.49. The van der Waals surface area contributed by atoms with Crippen molar-refractivity contribution in [1.82, 2.24) is 19.8 Å². The Hall–Kier alpha value is -2.62. The number of aromatic nitrogens is 2. The van der Waals surface area contributed by atoms with Gasteiger partial charge in [0.2, 0.25) is 5.91 Å². The summed E-state index contributed by atoms with van der Waals surface area (Å²) < 4.78 is 42.2. The maximum atomic E-state index is 13.5. The fourth-order valence-corrected chi connectivity index (χ4v) is 5.78. The lowest BCUT2D eigenvalue weighted by molar-refractivity contribution is -0.274. The molecular formula is C26H36F3N5O2. The van der Waals surface area contributed by atoms with Gasteiger partial charge >= 0.3 is 6.36 Å². The minimum atomic E-state index is -4.79. The first kappa shape index (κ1) is 26.4. The lowest BCUT2D eigenvalue weighted by atomic mass is 9.77. The number of alkyl halides is 3. The second-order valence-electron chi connectivity index (χ2n) is 10.3. The molecule has 4 rings (SSSR count). The molecule has 0 bridgehead atoms. The van der Waals surface area contributed by atoms with Crippen LogP contribution in [-0.4, -0.2) is 69.8 Å². The smallest absolute Gasteiger partial charge is 0.406 e. The van der Waals surface area contributed by atoms with Crippen molar-refractivity contribution in [2.45, 2.75) is 89.8 Å². The van der Waals surface area contributed by atoms with Crippen LogP contribution in [0.3, 0.4) is 0 Å². The van der Waals surface area contributed by atoms with Crippen molar-refractivity contribution in [1.29, 1.82) is 0 Å². The fraction of sp³-hybridized carbons (Fsp3) is 0.654. The first-order chi connectivity index (χ1) is 17.1. The van der Waals surface area contributed by atoms with E-state index in [0.29, 0.717) is 47.7 Å². The number of halogens is 3. The molecule has 2 heterocycles. The summed E-state index contributed by atoms with van der Waals surface area (Å²) in [6.45, 7) is 7.30. The number of hydrogen-bond donors (Lipinski definition) is 1. The van der Waals surface area contributed by atoms with Gasteiger partial charge in [-0.1, -0.05) is 13.3 Å². The van der Waals surface area contributed by atoms with Crippen molar-refractivity contribution >= 4 is 22.6 Å².